The Morgan fingerprint density at radius 1 is 1.06 bits per heavy atom. The van der Waals surface area contributed by atoms with Gasteiger partial charge in [0.1, 0.15) is 12.2 Å². The van der Waals surface area contributed by atoms with E-state index >= 15 is 0 Å². The number of imide groups is 1. The van der Waals surface area contributed by atoms with Gasteiger partial charge >= 0.3 is 6.09 Å². The minimum atomic E-state index is -1.12. The molecule has 2 bridgehead atoms. The van der Waals surface area contributed by atoms with Crippen LogP contribution in [-0.4, -0.2) is 36.2 Å². The number of hydrogen-bond acceptors (Lipinski definition) is 5. The first-order chi connectivity index (χ1) is 15.8. The van der Waals surface area contributed by atoms with E-state index in [0.29, 0.717) is 26.3 Å². The Labute approximate surface area is 204 Å². The van der Waals surface area contributed by atoms with E-state index in [-0.39, 0.29) is 25.0 Å². The Kier molecular flexibility index (Phi) is 5.61. The lowest BCUT2D eigenvalue weighted by Gasteiger charge is -2.28. The molecule has 0 saturated carbocycles. The highest BCUT2D eigenvalue weighted by Gasteiger charge is 2.67. The average molecular weight is 508 g/mol. The zero-order valence-corrected chi connectivity index (χ0v) is 19.2. The highest BCUT2D eigenvalue weighted by atomic mass is 35.5. The molecule has 3 aliphatic heterocycles. The van der Waals surface area contributed by atoms with Crippen molar-refractivity contribution in [1.82, 2.24) is 5.32 Å². The van der Waals surface area contributed by atoms with Gasteiger partial charge in [-0.15, -0.1) is 0 Å². The third-order valence-corrected chi connectivity index (χ3v) is 7.20. The summed E-state index contributed by atoms with van der Waals surface area (Å²) in [4.78, 5) is 39.9. The van der Waals surface area contributed by atoms with Gasteiger partial charge in [-0.05, 0) is 24.3 Å². The molecule has 170 valence electrons. The molecule has 2 aromatic rings. The van der Waals surface area contributed by atoms with Gasteiger partial charge in [0, 0.05) is 10.6 Å². The van der Waals surface area contributed by atoms with Gasteiger partial charge in [0.25, 0.3) is 0 Å². The van der Waals surface area contributed by atoms with Crippen LogP contribution in [0.5, 0.6) is 0 Å². The van der Waals surface area contributed by atoms with Gasteiger partial charge in [-0.2, -0.15) is 0 Å². The molecule has 2 aromatic carbocycles. The van der Waals surface area contributed by atoms with E-state index in [0.717, 1.165) is 0 Å². The molecule has 4 unspecified atom stereocenters. The molecule has 2 fully saturated rings. The number of amides is 3. The normalized spacial score (nSPS) is 27.2. The summed E-state index contributed by atoms with van der Waals surface area (Å²) in [6.07, 6.45) is 2.26. The van der Waals surface area contributed by atoms with Gasteiger partial charge in [-0.25, -0.2) is 9.69 Å². The average Bonchev–Trinajstić information content (AvgIpc) is 3.44. The number of fused-ring (bicyclic) bond motifs is 5. The molecular weight excluding hydrogens is 491 g/mol. The number of ether oxygens (including phenoxy) is 2. The SMILES string of the molecule is O=C(NCC12C=CC(O1)C1C(=O)N(c3ccccc3)C(=O)C12)OCc1cc(Cl)c(Cl)cc1Cl. The molecule has 3 heterocycles. The van der Waals surface area contributed by atoms with E-state index in [4.69, 9.17) is 44.3 Å². The molecule has 7 nitrogen and oxygen atoms in total. The topological polar surface area (TPSA) is 84.9 Å². The van der Waals surface area contributed by atoms with Crippen molar-refractivity contribution in [1.29, 1.82) is 0 Å². The van der Waals surface area contributed by atoms with E-state index in [9.17, 15) is 14.4 Å². The van der Waals surface area contributed by atoms with Crippen molar-refractivity contribution < 1.29 is 23.9 Å². The number of nitrogens with zero attached hydrogens (tertiary/aromatic N) is 1. The second-order valence-electron chi connectivity index (χ2n) is 8.03. The number of para-hydroxylation sites is 1. The second-order valence-corrected chi connectivity index (χ2v) is 9.26. The zero-order valence-electron chi connectivity index (χ0n) is 17.0. The van der Waals surface area contributed by atoms with Crippen molar-refractivity contribution in [3.05, 3.63) is 75.2 Å². The van der Waals surface area contributed by atoms with E-state index < -0.39 is 29.6 Å². The number of hydrogen-bond donors (Lipinski definition) is 1. The maximum absolute atomic E-state index is 13.3. The summed E-state index contributed by atoms with van der Waals surface area (Å²) in [5, 5.41) is 3.54. The second kappa shape index (κ2) is 8.33. The highest BCUT2D eigenvalue weighted by molar-refractivity contribution is 6.43. The van der Waals surface area contributed by atoms with E-state index in [2.05, 4.69) is 5.32 Å². The maximum atomic E-state index is 13.3. The molecule has 2 saturated heterocycles. The Morgan fingerprint density at radius 3 is 2.55 bits per heavy atom. The third kappa shape index (κ3) is 3.69. The van der Waals surface area contributed by atoms with Crippen molar-refractivity contribution >= 4 is 58.4 Å². The van der Waals surface area contributed by atoms with Crippen LogP contribution < -0.4 is 10.2 Å². The zero-order chi connectivity index (χ0) is 23.3. The Balaban J connectivity index is 1.27. The van der Waals surface area contributed by atoms with Crippen LogP contribution in [-0.2, 0) is 25.7 Å². The largest absolute Gasteiger partial charge is 0.445 e. The monoisotopic (exact) mass is 506 g/mol. The molecule has 5 rings (SSSR count). The van der Waals surface area contributed by atoms with Gasteiger partial charge in [-0.1, -0.05) is 65.2 Å². The van der Waals surface area contributed by atoms with Gasteiger partial charge < -0.3 is 14.8 Å². The number of halogens is 3. The van der Waals surface area contributed by atoms with Crippen molar-refractivity contribution in [3.8, 4) is 0 Å². The number of anilines is 1. The summed E-state index contributed by atoms with van der Waals surface area (Å²) in [6, 6.07) is 11.8. The van der Waals surface area contributed by atoms with Crippen LogP contribution >= 0.6 is 34.8 Å². The number of alkyl carbamates (subject to hydrolysis) is 1. The minimum Gasteiger partial charge on any atom is -0.445 e. The van der Waals surface area contributed by atoms with Crippen LogP contribution in [0.2, 0.25) is 15.1 Å². The summed E-state index contributed by atoms with van der Waals surface area (Å²) < 4.78 is 11.2. The summed E-state index contributed by atoms with van der Waals surface area (Å²) >= 11 is 18.0. The van der Waals surface area contributed by atoms with Crippen LogP contribution in [0.1, 0.15) is 5.56 Å². The predicted molar refractivity (Wildman–Crippen MR) is 122 cm³/mol. The number of rotatable bonds is 5. The van der Waals surface area contributed by atoms with Crippen molar-refractivity contribution in [2.24, 2.45) is 11.8 Å². The quantitative estimate of drug-likeness (QED) is 0.369. The first-order valence-corrected chi connectivity index (χ1v) is 11.3. The minimum absolute atomic E-state index is 0.0310. The summed E-state index contributed by atoms with van der Waals surface area (Å²) in [5.41, 5.74) is -0.110. The van der Waals surface area contributed by atoms with Gasteiger partial charge in [-0.3, -0.25) is 9.59 Å². The summed E-state index contributed by atoms with van der Waals surface area (Å²) in [6.45, 7) is -0.157. The van der Waals surface area contributed by atoms with Gasteiger partial charge in [0.2, 0.25) is 11.8 Å². The number of benzene rings is 2. The molecular formula is C23H17Cl3N2O5. The standard InChI is InChI=1S/C23H17Cl3N2O5/c24-14-9-16(26)15(25)8-12(14)10-32-22(31)27-11-23-7-6-17(33-23)18-19(23)21(30)28(20(18)29)13-4-2-1-3-5-13/h1-9,17-19H,10-11H2,(H,27,31). The summed E-state index contributed by atoms with van der Waals surface area (Å²) in [5.74, 6) is -2.01. The number of carbonyl (C=O) groups excluding carboxylic acids is 3. The predicted octanol–water partition coefficient (Wildman–Crippen LogP) is 4.39. The fourth-order valence-corrected chi connectivity index (χ4v) is 5.24. The first-order valence-electron chi connectivity index (χ1n) is 10.1. The lowest BCUT2D eigenvalue weighted by atomic mass is 9.77. The van der Waals surface area contributed by atoms with Crippen molar-refractivity contribution in [2.45, 2.75) is 18.3 Å². The molecule has 0 aliphatic carbocycles. The van der Waals surface area contributed by atoms with E-state index in [1.165, 1.54) is 17.0 Å². The molecule has 0 aromatic heterocycles. The number of nitrogens with one attached hydrogen (secondary N) is 1. The fourth-order valence-electron chi connectivity index (χ4n) is 4.62. The van der Waals surface area contributed by atoms with Crippen LogP contribution in [0.15, 0.2) is 54.6 Å². The fraction of sp³-hybridized carbons (Fsp3) is 0.261. The van der Waals surface area contributed by atoms with Crippen LogP contribution in [0.4, 0.5) is 10.5 Å². The molecule has 10 heteroatoms. The van der Waals surface area contributed by atoms with Crippen molar-refractivity contribution in [2.75, 3.05) is 11.4 Å². The van der Waals surface area contributed by atoms with Crippen LogP contribution in [0, 0.1) is 11.8 Å². The van der Waals surface area contributed by atoms with Gasteiger partial charge in [0.15, 0.2) is 0 Å². The Bertz CT molecular complexity index is 1190. The molecule has 0 spiro atoms. The lowest BCUT2D eigenvalue weighted by molar-refractivity contribution is -0.126. The Morgan fingerprint density at radius 2 is 1.79 bits per heavy atom. The molecule has 1 N–H and O–H groups in total. The Hall–Kier alpha value is -2.58. The van der Waals surface area contributed by atoms with E-state index in [1.807, 2.05) is 6.07 Å². The molecule has 4 atom stereocenters. The smallest absolute Gasteiger partial charge is 0.407 e. The number of carbonyl (C=O) groups is 3. The summed E-state index contributed by atoms with van der Waals surface area (Å²) in [7, 11) is 0. The molecule has 0 radical (unpaired) electrons. The lowest BCUT2D eigenvalue weighted by Crippen LogP contribution is -2.49. The maximum Gasteiger partial charge on any atom is 0.407 e. The first kappa shape index (κ1) is 22.2. The van der Waals surface area contributed by atoms with Gasteiger partial charge in [0.05, 0.1) is 40.2 Å². The molecule has 33 heavy (non-hydrogen) atoms. The highest BCUT2D eigenvalue weighted by Crippen LogP contribution is 2.52. The van der Waals surface area contributed by atoms with Crippen LogP contribution in [0.3, 0.4) is 0 Å². The van der Waals surface area contributed by atoms with Crippen molar-refractivity contribution in [3.63, 3.8) is 0 Å². The van der Waals surface area contributed by atoms with Crippen LogP contribution in [0.25, 0.3) is 0 Å². The molecule has 3 amide bonds. The molecule has 3 aliphatic rings. The van der Waals surface area contributed by atoms with E-state index in [1.54, 1.807) is 36.4 Å². The third-order valence-electron chi connectivity index (χ3n) is 6.13.